The summed E-state index contributed by atoms with van der Waals surface area (Å²) in [4.78, 5) is 0. The first-order valence-electron chi connectivity index (χ1n) is 15.8. The molecule has 0 heterocycles. The van der Waals surface area contributed by atoms with Crippen LogP contribution in [0.25, 0.3) is 0 Å². The zero-order valence-corrected chi connectivity index (χ0v) is 26.4. The van der Waals surface area contributed by atoms with Crippen LogP contribution in [0.2, 0.25) is 30.2 Å². The van der Waals surface area contributed by atoms with Crippen LogP contribution in [0.4, 0.5) is 0 Å². The zero-order valence-electron chi connectivity index (χ0n) is 24.4. The highest BCUT2D eigenvalue weighted by atomic mass is 28.4. The molecule has 0 amide bonds. The van der Waals surface area contributed by atoms with Crippen LogP contribution < -0.4 is 0 Å². The van der Waals surface area contributed by atoms with Crippen molar-refractivity contribution in [2.24, 2.45) is 0 Å². The summed E-state index contributed by atoms with van der Waals surface area (Å²) in [5.74, 6) is 0. The summed E-state index contributed by atoms with van der Waals surface area (Å²) in [6.45, 7) is 15.9. The van der Waals surface area contributed by atoms with Gasteiger partial charge in [0.25, 0.3) is 0 Å². The molecule has 0 aliphatic heterocycles. The molecule has 0 aromatic rings. The fourth-order valence-corrected chi connectivity index (χ4v) is 17.6. The van der Waals surface area contributed by atoms with Crippen molar-refractivity contribution in [1.82, 2.24) is 4.23 Å². The molecule has 0 N–H and O–H groups in total. The minimum Gasteiger partial charge on any atom is -0.346 e. The normalized spacial score (nSPS) is 12.4. The first-order valence-corrected chi connectivity index (χ1v) is 20.2. The Kier molecular flexibility index (Phi) is 24.4. The van der Waals surface area contributed by atoms with Crippen molar-refractivity contribution in [3.63, 3.8) is 0 Å². The standard InChI is InChI=1S/C30H66NSi2/c1-7-13-19-25-31(32(26-20-14-8-2)27-21-15-9-3)33(28-22-16-10-4,29-23-17-11-5)30-24-18-12-6/h7-30H2,1-6H3. The maximum atomic E-state index is 3.43. The summed E-state index contributed by atoms with van der Waals surface area (Å²) < 4.78 is 3.43. The van der Waals surface area contributed by atoms with Crippen molar-refractivity contribution in [3.05, 3.63) is 0 Å². The van der Waals surface area contributed by atoms with Gasteiger partial charge in [0.2, 0.25) is 0 Å². The van der Waals surface area contributed by atoms with Gasteiger partial charge < -0.3 is 4.23 Å². The van der Waals surface area contributed by atoms with Crippen LogP contribution in [0, 0.1) is 0 Å². The monoisotopic (exact) mass is 496 g/mol. The minimum atomic E-state index is -1.39. The summed E-state index contributed by atoms with van der Waals surface area (Å²) >= 11 is 0. The largest absolute Gasteiger partial charge is 0.346 e. The fourth-order valence-electron chi connectivity index (χ4n) is 5.70. The third-order valence-electron chi connectivity index (χ3n) is 7.81. The van der Waals surface area contributed by atoms with Crippen molar-refractivity contribution in [2.45, 2.75) is 187 Å². The van der Waals surface area contributed by atoms with Gasteiger partial charge in [0.1, 0.15) is 17.2 Å². The highest BCUT2D eigenvalue weighted by Crippen LogP contribution is 2.36. The lowest BCUT2D eigenvalue weighted by Gasteiger charge is -2.48. The second-order valence-electron chi connectivity index (χ2n) is 10.9. The van der Waals surface area contributed by atoms with E-state index in [4.69, 9.17) is 0 Å². The summed E-state index contributed by atoms with van der Waals surface area (Å²) in [5, 5.41) is 0. The van der Waals surface area contributed by atoms with Gasteiger partial charge in [0.15, 0.2) is 0 Å². The van der Waals surface area contributed by atoms with Gasteiger partial charge in [-0.25, -0.2) is 0 Å². The van der Waals surface area contributed by atoms with E-state index >= 15 is 0 Å². The summed E-state index contributed by atoms with van der Waals surface area (Å²) in [6, 6.07) is 8.03. The first-order chi connectivity index (χ1) is 16.2. The molecular weight excluding hydrogens is 431 g/mol. The van der Waals surface area contributed by atoms with Gasteiger partial charge in [-0.3, -0.25) is 0 Å². The third-order valence-corrected chi connectivity index (χ3v) is 18.3. The second-order valence-corrected chi connectivity index (χ2v) is 18.5. The summed E-state index contributed by atoms with van der Waals surface area (Å²) in [7, 11) is -1.77. The molecule has 199 valence electrons. The Balaban J connectivity index is 5.99. The molecule has 0 spiro atoms. The summed E-state index contributed by atoms with van der Waals surface area (Å²) in [6.07, 6.45) is 26.1. The van der Waals surface area contributed by atoms with Crippen molar-refractivity contribution in [3.8, 4) is 0 Å². The van der Waals surface area contributed by atoms with E-state index in [9.17, 15) is 0 Å². The van der Waals surface area contributed by atoms with Crippen LogP contribution in [0.3, 0.4) is 0 Å². The lowest BCUT2D eigenvalue weighted by Crippen LogP contribution is -2.60. The number of hydrogen-bond acceptors (Lipinski definition) is 1. The maximum Gasteiger partial charge on any atom is 0.129 e. The molecule has 0 aliphatic rings. The Morgan fingerprint density at radius 1 is 0.424 bits per heavy atom. The minimum absolute atomic E-state index is 0.379. The Morgan fingerprint density at radius 2 is 0.758 bits per heavy atom. The highest BCUT2D eigenvalue weighted by Gasteiger charge is 2.41. The Bertz CT molecular complexity index is 351. The molecule has 0 atom stereocenters. The Hall–Kier alpha value is 0.394. The number of nitrogens with zero attached hydrogens (tertiary/aromatic N) is 1. The predicted molar refractivity (Wildman–Crippen MR) is 159 cm³/mol. The van der Waals surface area contributed by atoms with Crippen LogP contribution in [0.15, 0.2) is 0 Å². The third kappa shape index (κ3) is 15.9. The zero-order chi connectivity index (χ0) is 24.6. The smallest absolute Gasteiger partial charge is 0.129 e. The molecule has 0 bridgehead atoms. The van der Waals surface area contributed by atoms with E-state index in [1.165, 1.54) is 122 Å². The molecule has 33 heavy (non-hydrogen) atoms. The summed E-state index contributed by atoms with van der Waals surface area (Å²) in [5.41, 5.74) is 0. The van der Waals surface area contributed by atoms with E-state index in [0.717, 1.165) is 0 Å². The molecule has 0 unspecified atom stereocenters. The molecule has 0 aliphatic carbocycles. The Labute approximate surface area is 215 Å². The molecule has 0 aromatic heterocycles. The lowest BCUT2D eigenvalue weighted by molar-refractivity contribution is 0.525. The van der Waals surface area contributed by atoms with E-state index < -0.39 is 8.24 Å². The van der Waals surface area contributed by atoms with Crippen LogP contribution >= 0.6 is 0 Å². The number of unbranched alkanes of at least 4 members (excludes halogenated alkanes) is 12. The fraction of sp³-hybridized carbons (Fsp3) is 1.00. The quantitative estimate of drug-likeness (QED) is 0.0849. The van der Waals surface area contributed by atoms with Crippen molar-refractivity contribution < 1.29 is 0 Å². The number of hydrogen-bond donors (Lipinski definition) is 0. The van der Waals surface area contributed by atoms with E-state index in [-0.39, 0.29) is 8.96 Å². The highest BCUT2D eigenvalue weighted by molar-refractivity contribution is 6.85. The second kappa shape index (κ2) is 24.1. The van der Waals surface area contributed by atoms with Crippen LogP contribution in [-0.4, -0.2) is 28.0 Å². The van der Waals surface area contributed by atoms with Crippen LogP contribution in [-0.2, 0) is 0 Å². The average Bonchev–Trinajstić information content (AvgIpc) is 2.81. The maximum absolute atomic E-state index is 3.43. The SMILES string of the molecule is CCCCCN([Si](CCCCC)CCCCC)[Si](CCCCC)(CCCCC)CCCCC. The molecule has 0 aromatic carbocycles. The molecular formula is C30H66NSi2. The topological polar surface area (TPSA) is 3.24 Å². The average molecular weight is 497 g/mol. The lowest BCUT2D eigenvalue weighted by atomic mass is 10.3. The molecule has 1 nitrogen and oxygen atoms in total. The van der Waals surface area contributed by atoms with Gasteiger partial charge in [-0.2, -0.15) is 0 Å². The molecule has 0 saturated carbocycles. The van der Waals surface area contributed by atoms with Gasteiger partial charge >= 0.3 is 0 Å². The van der Waals surface area contributed by atoms with Crippen molar-refractivity contribution in [1.29, 1.82) is 0 Å². The van der Waals surface area contributed by atoms with E-state index in [1.54, 1.807) is 30.2 Å². The number of rotatable bonds is 26. The Morgan fingerprint density at radius 3 is 1.12 bits per heavy atom. The van der Waals surface area contributed by atoms with E-state index in [2.05, 4.69) is 45.8 Å². The first kappa shape index (κ1) is 33.4. The van der Waals surface area contributed by atoms with Gasteiger partial charge in [-0.15, -0.1) is 0 Å². The molecule has 0 fully saturated rings. The molecule has 0 saturated heterocycles. The molecule has 0 rings (SSSR count). The molecule has 3 heteroatoms. The van der Waals surface area contributed by atoms with Gasteiger partial charge in [0.05, 0.1) is 0 Å². The predicted octanol–water partition coefficient (Wildman–Crippen LogP) is 11.4. The van der Waals surface area contributed by atoms with E-state index in [0.29, 0.717) is 0 Å². The van der Waals surface area contributed by atoms with Gasteiger partial charge in [-0.05, 0) is 43.2 Å². The molecule has 1 radical (unpaired) electrons. The van der Waals surface area contributed by atoms with Crippen molar-refractivity contribution >= 4 is 17.2 Å². The van der Waals surface area contributed by atoms with Gasteiger partial charge in [-0.1, -0.05) is 151 Å². The van der Waals surface area contributed by atoms with Crippen LogP contribution in [0.1, 0.15) is 157 Å². The van der Waals surface area contributed by atoms with E-state index in [1.807, 2.05) is 0 Å². The van der Waals surface area contributed by atoms with Crippen LogP contribution in [0.5, 0.6) is 0 Å². The van der Waals surface area contributed by atoms with Crippen molar-refractivity contribution in [2.75, 3.05) is 6.54 Å². The van der Waals surface area contributed by atoms with Gasteiger partial charge in [0, 0.05) is 0 Å².